The minimum atomic E-state index is -0.860. The largest absolute Gasteiger partial charge is 0.368 e. The summed E-state index contributed by atoms with van der Waals surface area (Å²) >= 11 is 0. The van der Waals surface area contributed by atoms with Crippen molar-refractivity contribution in [2.75, 3.05) is 20.1 Å². The second-order valence-corrected chi connectivity index (χ2v) is 6.61. The molecule has 1 saturated heterocycles. The summed E-state index contributed by atoms with van der Waals surface area (Å²) in [5, 5.41) is 8.17. The Kier molecular flexibility index (Phi) is 7.94. The predicted octanol–water partition coefficient (Wildman–Crippen LogP) is -0.684. The van der Waals surface area contributed by atoms with E-state index in [9.17, 15) is 24.1 Å². The van der Waals surface area contributed by atoms with Gasteiger partial charge in [0, 0.05) is 13.6 Å². The zero-order valence-corrected chi connectivity index (χ0v) is 15.2. The van der Waals surface area contributed by atoms with Gasteiger partial charge in [-0.05, 0) is 25.2 Å². The van der Waals surface area contributed by atoms with Crippen LogP contribution in [0, 0.1) is 10.8 Å². The van der Waals surface area contributed by atoms with Crippen LogP contribution in [0.3, 0.4) is 0 Å². The molecule has 1 aliphatic heterocycles. The fourth-order valence-corrected chi connectivity index (χ4v) is 2.76. The molecule has 11 heteroatoms. The SMILES string of the molecule is CC(C)C[C@H](NC(=O)[C@@H]1CCCN1C(=O)N(C)N=O)C(=O)NCC(N)=O. The van der Waals surface area contributed by atoms with E-state index in [1.165, 1.54) is 11.9 Å². The predicted molar refractivity (Wildman–Crippen MR) is 92.3 cm³/mol. The number of likely N-dealkylation sites (tertiary alicyclic amines) is 1. The maximum absolute atomic E-state index is 12.6. The number of carbonyl (C=O) groups is 4. The van der Waals surface area contributed by atoms with Gasteiger partial charge in [0.25, 0.3) is 0 Å². The van der Waals surface area contributed by atoms with Crippen LogP contribution in [0.1, 0.15) is 33.1 Å². The highest BCUT2D eigenvalue weighted by Gasteiger charge is 2.37. The van der Waals surface area contributed by atoms with Gasteiger partial charge in [0.2, 0.25) is 17.7 Å². The Bertz CT molecular complexity index is 567. The second-order valence-electron chi connectivity index (χ2n) is 6.61. The van der Waals surface area contributed by atoms with Crippen LogP contribution in [-0.2, 0) is 14.4 Å². The summed E-state index contributed by atoms with van der Waals surface area (Å²) in [5.41, 5.74) is 5.01. The fourth-order valence-electron chi connectivity index (χ4n) is 2.76. The maximum atomic E-state index is 12.6. The van der Waals surface area contributed by atoms with Gasteiger partial charge >= 0.3 is 6.03 Å². The number of primary amides is 1. The summed E-state index contributed by atoms with van der Waals surface area (Å²) < 4.78 is 0. The Morgan fingerprint density at radius 2 is 1.96 bits per heavy atom. The third-order valence-electron chi connectivity index (χ3n) is 3.98. The van der Waals surface area contributed by atoms with E-state index in [0.29, 0.717) is 30.8 Å². The van der Waals surface area contributed by atoms with Gasteiger partial charge in [-0.1, -0.05) is 13.8 Å². The standard InChI is InChI=1S/C15H26N6O5/c1-9(2)7-10(13(23)17-8-12(16)22)18-14(24)11-5-4-6-21(11)15(25)20(3)19-26/h9-11H,4-8H2,1-3H3,(H2,16,22)(H,17,23)(H,18,24)/t10-,11-/m0/s1. The van der Waals surface area contributed by atoms with Crippen molar-refractivity contribution in [1.82, 2.24) is 20.5 Å². The van der Waals surface area contributed by atoms with E-state index in [4.69, 9.17) is 5.73 Å². The molecule has 0 saturated carbocycles. The van der Waals surface area contributed by atoms with Crippen molar-refractivity contribution in [2.24, 2.45) is 16.9 Å². The van der Waals surface area contributed by atoms with E-state index < -0.39 is 35.8 Å². The molecule has 146 valence electrons. The van der Waals surface area contributed by atoms with Gasteiger partial charge in [-0.2, -0.15) is 5.01 Å². The second kappa shape index (κ2) is 9.68. The first-order chi connectivity index (χ1) is 12.2. The van der Waals surface area contributed by atoms with E-state index in [1.54, 1.807) is 0 Å². The topological polar surface area (TPSA) is 154 Å². The number of nitrogens with one attached hydrogen (secondary N) is 2. The maximum Gasteiger partial charge on any atom is 0.343 e. The number of hydrogen-bond donors (Lipinski definition) is 3. The number of hydrogen-bond acceptors (Lipinski definition) is 6. The van der Waals surface area contributed by atoms with Crippen molar-refractivity contribution in [3.05, 3.63) is 4.91 Å². The molecule has 0 aromatic carbocycles. The third-order valence-corrected chi connectivity index (χ3v) is 3.98. The number of amides is 5. The zero-order chi connectivity index (χ0) is 19.9. The molecule has 0 aliphatic carbocycles. The number of urea groups is 1. The quantitative estimate of drug-likeness (QED) is 0.381. The lowest BCUT2D eigenvalue weighted by Gasteiger charge is -2.27. The molecular formula is C15H26N6O5. The van der Waals surface area contributed by atoms with Crippen LogP contribution in [0.4, 0.5) is 4.79 Å². The Morgan fingerprint density at radius 3 is 2.50 bits per heavy atom. The Balaban J connectivity index is 2.80. The molecule has 2 atom stereocenters. The molecule has 0 aromatic rings. The average Bonchev–Trinajstić information content (AvgIpc) is 3.06. The van der Waals surface area contributed by atoms with Crippen LogP contribution in [-0.4, -0.2) is 65.9 Å². The monoisotopic (exact) mass is 370 g/mol. The average molecular weight is 370 g/mol. The van der Waals surface area contributed by atoms with E-state index in [2.05, 4.69) is 15.9 Å². The highest BCUT2D eigenvalue weighted by molar-refractivity contribution is 5.93. The third kappa shape index (κ3) is 5.97. The number of rotatable bonds is 8. The molecule has 1 rings (SSSR count). The first-order valence-electron chi connectivity index (χ1n) is 8.41. The first kappa shape index (κ1) is 21.3. The molecule has 11 nitrogen and oxygen atoms in total. The summed E-state index contributed by atoms with van der Waals surface area (Å²) in [6, 6.07) is -2.32. The summed E-state index contributed by atoms with van der Waals surface area (Å²) in [6.07, 6.45) is 1.37. The van der Waals surface area contributed by atoms with E-state index in [0.717, 1.165) is 0 Å². The van der Waals surface area contributed by atoms with E-state index in [-0.39, 0.29) is 12.5 Å². The molecule has 4 N–H and O–H groups in total. The van der Waals surface area contributed by atoms with Gasteiger partial charge in [0.1, 0.15) is 12.1 Å². The lowest BCUT2D eigenvalue weighted by Crippen LogP contribution is -2.55. The Labute approximate surface area is 151 Å². The smallest absolute Gasteiger partial charge is 0.343 e. The summed E-state index contributed by atoms with van der Waals surface area (Å²) in [4.78, 5) is 59.6. The highest BCUT2D eigenvalue weighted by Crippen LogP contribution is 2.19. The molecule has 0 bridgehead atoms. The number of carbonyl (C=O) groups excluding carboxylic acids is 4. The van der Waals surface area contributed by atoms with Crippen LogP contribution in [0.15, 0.2) is 5.29 Å². The first-order valence-corrected chi connectivity index (χ1v) is 8.41. The molecule has 1 heterocycles. The summed E-state index contributed by atoms with van der Waals surface area (Å²) in [6.45, 7) is 3.76. The van der Waals surface area contributed by atoms with Crippen LogP contribution < -0.4 is 16.4 Å². The van der Waals surface area contributed by atoms with Gasteiger partial charge in [0.15, 0.2) is 0 Å². The van der Waals surface area contributed by atoms with Crippen molar-refractivity contribution in [3.63, 3.8) is 0 Å². The van der Waals surface area contributed by atoms with E-state index in [1.807, 2.05) is 13.8 Å². The lowest BCUT2D eigenvalue weighted by molar-refractivity contribution is -0.132. The highest BCUT2D eigenvalue weighted by atomic mass is 16.3. The van der Waals surface area contributed by atoms with Crippen molar-refractivity contribution in [1.29, 1.82) is 0 Å². The summed E-state index contributed by atoms with van der Waals surface area (Å²) in [7, 11) is 1.21. The van der Waals surface area contributed by atoms with Crippen LogP contribution in [0.25, 0.3) is 0 Å². The molecule has 0 unspecified atom stereocenters. The molecule has 0 spiro atoms. The molecule has 26 heavy (non-hydrogen) atoms. The van der Waals surface area contributed by atoms with Gasteiger partial charge in [-0.25, -0.2) is 4.79 Å². The van der Waals surface area contributed by atoms with Crippen molar-refractivity contribution < 1.29 is 19.2 Å². The minimum absolute atomic E-state index is 0.103. The van der Waals surface area contributed by atoms with Gasteiger partial charge in [-0.3, -0.25) is 14.4 Å². The lowest BCUT2D eigenvalue weighted by atomic mass is 10.0. The number of nitrogens with zero attached hydrogens (tertiary/aromatic N) is 3. The van der Waals surface area contributed by atoms with Crippen LogP contribution >= 0.6 is 0 Å². The normalized spacial score (nSPS) is 17.5. The van der Waals surface area contributed by atoms with E-state index >= 15 is 0 Å². The molecule has 1 fully saturated rings. The minimum Gasteiger partial charge on any atom is -0.368 e. The van der Waals surface area contributed by atoms with Crippen LogP contribution in [0.5, 0.6) is 0 Å². The van der Waals surface area contributed by atoms with Crippen molar-refractivity contribution >= 4 is 23.8 Å². The molecule has 1 aliphatic rings. The molecule has 5 amide bonds. The van der Waals surface area contributed by atoms with Crippen LogP contribution in [0.2, 0.25) is 0 Å². The fraction of sp³-hybridized carbons (Fsp3) is 0.733. The van der Waals surface area contributed by atoms with Crippen molar-refractivity contribution in [2.45, 2.75) is 45.2 Å². The van der Waals surface area contributed by atoms with Gasteiger partial charge in [-0.15, -0.1) is 4.91 Å². The Morgan fingerprint density at radius 1 is 1.31 bits per heavy atom. The molecular weight excluding hydrogens is 344 g/mol. The molecule has 0 aromatic heterocycles. The van der Waals surface area contributed by atoms with Gasteiger partial charge < -0.3 is 21.3 Å². The Hall–Kier alpha value is -2.72. The van der Waals surface area contributed by atoms with Gasteiger partial charge in [0.05, 0.1) is 11.8 Å². The number of nitrogens with two attached hydrogens (primary N) is 1. The number of nitroso groups, excluding NO2 is 1. The van der Waals surface area contributed by atoms with Crippen molar-refractivity contribution in [3.8, 4) is 0 Å². The zero-order valence-electron chi connectivity index (χ0n) is 15.2. The molecule has 0 radical (unpaired) electrons. The summed E-state index contributed by atoms with van der Waals surface area (Å²) in [5.74, 6) is -1.60.